The summed E-state index contributed by atoms with van der Waals surface area (Å²) in [6.45, 7) is 3.48. The summed E-state index contributed by atoms with van der Waals surface area (Å²) in [5.74, 6) is 3.60. The van der Waals surface area contributed by atoms with E-state index in [0.717, 1.165) is 30.5 Å². The maximum absolute atomic E-state index is 11.9. The van der Waals surface area contributed by atoms with Gasteiger partial charge in [0.25, 0.3) is 0 Å². The lowest BCUT2D eigenvalue weighted by Crippen LogP contribution is -2.30. The SMILES string of the molecule is CCOc1cccc(N2CCC(C3CC3)C2c2n[nH]c(=O)n2C)n1. The molecule has 2 aromatic heterocycles. The zero-order chi connectivity index (χ0) is 16.7. The molecule has 1 saturated carbocycles. The predicted octanol–water partition coefficient (Wildman–Crippen LogP) is 1.88. The molecule has 7 heteroatoms. The molecule has 1 aliphatic carbocycles. The highest BCUT2D eigenvalue weighted by atomic mass is 16.5. The molecule has 1 saturated heterocycles. The monoisotopic (exact) mass is 329 g/mol. The predicted molar refractivity (Wildman–Crippen MR) is 90.2 cm³/mol. The summed E-state index contributed by atoms with van der Waals surface area (Å²) in [5, 5.41) is 6.90. The third-order valence-corrected chi connectivity index (χ3v) is 5.15. The van der Waals surface area contributed by atoms with Crippen molar-refractivity contribution in [2.45, 2.75) is 32.2 Å². The van der Waals surface area contributed by atoms with Crippen LogP contribution >= 0.6 is 0 Å². The van der Waals surface area contributed by atoms with E-state index in [1.807, 2.05) is 25.1 Å². The zero-order valence-electron chi connectivity index (χ0n) is 14.1. The van der Waals surface area contributed by atoms with E-state index in [0.29, 0.717) is 18.4 Å². The Morgan fingerprint density at radius 2 is 2.17 bits per heavy atom. The van der Waals surface area contributed by atoms with E-state index in [1.165, 1.54) is 12.8 Å². The van der Waals surface area contributed by atoms with Crippen LogP contribution in [0.1, 0.15) is 38.1 Å². The van der Waals surface area contributed by atoms with Gasteiger partial charge < -0.3 is 9.64 Å². The molecular formula is C17H23N5O2. The minimum absolute atomic E-state index is 0.0887. The number of pyridine rings is 1. The van der Waals surface area contributed by atoms with Gasteiger partial charge in [-0.3, -0.25) is 4.57 Å². The average molecular weight is 329 g/mol. The van der Waals surface area contributed by atoms with Gasteiger partial charge in [-0.25, -0.2) is 9.89 Å². The molecule has 2 fully saturated rings. The summed E-state index contributed by atoms with van der Waals surface area (Å²) >= 11 is 0. The van der Waals surface area contributed by atoms with E-state index >= 15 is 0 Å². The van der Waals surface area contributed by atoms with Gasteiger partial charge in [0, 0.05) is 19.7 Å². The van der Waals surface area contributed by atoms with Gasteiger partial charge >= 0.3 is 5.69 Å². The van der Waals surface area contributed by atoms with Crippen molar-refractivity contribution in [1.29, 1.82) is 0 Å². The van der Waals surface area contributed by atoms with Gasteiger partial charge in [-0.15, -0.1) is 0 Å². The van der Waals surface area contributed by atoms with Crippen molar-refractivity contribution in [3.8, 4) is 5.88 Å². The summed E-state index contributed by atoms with van der Waals surface area (Å²) in [6, 6.07) is 5.94. The molecule has 0 bridgehead atoms. The molecule has 4 rings (SSSR count). The van der Waals surface area contributed by atoms with Crippen LogP contribution in [0.2, 0.25) is 0 Å². The van der Waals surface area contributed by atoms with Gasteiger partial charge in [-0.05, 0) is 44.1 Å². The first-order valence-electron chi connectivity index (χ1n) is 8.67. The molecule has 0 radical (unpaired) electrons. The molecule has 128 valence electrons. The number of nitrogens with one attached hydrogen (secondary N) is 1. The lowest BCUT2D eigenvalue weighted by Gasteiger charge is -2.28. The van der Waals surface area contributed by atoms with E-state index in [4.69, 9.17) is 4.74 Å². The van der Waals surface area contributed by atoms with Crippen molar-refractivity contribution in [3.05, 3.63) is 34.5 Å². The van der Waals surface area contributed by atoms with E-state index < -0.39 is 0 Å². The fraction of sp³-hybridized carbons (Fsp3) is 0.588. The van der Waals surface area contributed by atoms with Crippen molar-refractivity contribution in [2.75, 3.05) is 18.1 Å². The largest absolute Gasteiger partial charge is 0.478 e. The van der Waals surface area contributed by atoms with Crippen molar-refractivity contribution in [1.82, 2.24) is 19.7 Å². The number of aromatic nitrogens is 4. The minimum atomic E-state index is -0.164. The van der Waals surface area contributed by atoms with Gasteiger partial charge in [-0.2, -0.15) is 10.1 Å². The number of anilines is 1. The number of hydrogen-bond donors (Lipinski definition) is 1. The average Bonchev–Trinajstić information content (AvgIpc) is 3.26. The summed E-state index contributed by atoms with van der Waals surface area (Å²) in [4.78, 5) is 18.8. The molecule has 2 aromatic rings. The summed E-state index contributed by atoms with van der Waals surface area (Å²) in [6.07, 6.45) is 3.66. The van der Waals surface area contributed by atoms with E-state index in [-0.39, 0.29) is 11.7 Å². The number of nitrogens with zero attached hydrogens (tertiary/aromatic N) is 4. The van der Waals surface area contributed by atoms with Crippen LogP contribution in [0.5, 0.6) is 5.88 Å². The van der Waals surface area contributed by atoms with Crippen LogP contribution in [0.25, 0.3) is 0 Å². The Morgan fingerprint density at radius 3 is 2.83 bits per heavy atom. The molecule has 2 unspecified atom stereocenters. The Kier molecular flexibility index (Phi) is 3.78. The standard InChI is InChI=1S/C17H23N5O2/c1-3-24-14-6-4-5-13(18-14)22-10-9-12(11-7-8-11)15(22)16-19-20-17(23)21(16)2/h4-6,11-12,15H,3,7-10H2,1-2H3,(H,20,23). The normalized spacial score (nSPS) is 23.7. The van der Waals surface area contributed by atoms with Crippen LogP contribution in [-0.2, 0) is 7.05 Å². The Labute approximate surface area is 140 Å². The molecule has 7 nitrogen and oxygen atoms in total. The topological polar surface area (TPSA) is 76.0 Å². The van der Waals surface area contributed by atoms with Gasteiger partial charge in [0.2, 0.25) is 5.88 Å². The molecule has 0 aromatic carbocycles. The highest BCUT2D eigenvalue weighted by Crippen LogP contribution is 2.50. The molecule has 1 N–H and O–H groups in total. The first kappa shape index (κ1) is 15.2. The maximum atomic E-state index is 11.9. The Balaban J connectivity index is 1.72. The van der Waals surface area contributed by atoms with E-state index in [2.05, 4.69) is 20.1 Å². The van der Waals surface area contributed by atoms with Gasteiger partial charge in [-0.1, -0.05) is 6.07 Å². The second-order valence-corrected chi connectivity index (χ2v) is 6.64. The lowest BCUT2D eigenvalue weighted by molar-refractivity contribution is 0.326. The number of H-pyrrole nitrogens is 1. The molecular weight excluding hydrogens is 306 g/mol. The fourth-order valence-corrected chi connectivity index (χ4v) is 3.84. The molecule has 0 amide bonds. The third kappa shape index (κ3) is 2.57. The Morgan fingerprint density at radius 1 is 1.33 bits per heavy atom. The van der Waals surface area contributed by atoms with Gasteiger partial charge in [0.05, 0.1) is 12.6 Å². The molecule has 2 aliphatic rings. The summed E-state index contributed by atoms with van der Waals surface area (Å²) in [7, 11) is 1.78. The van der Waals surface area contributed by atoms with Crippen LogP contribution in [0.3, 0.4) is 0 Å². The third-order valence-electron chi connectivity index (χ3n) is 5.15. The second-order valence-electron chi connectivity index (χ2n) is 6.64. The molecule has 24 heavy (non-hydrogen) atoms. The minimum Gasteiger partial charge on any atom is -0.478 e. The number of rotatable bonds is 5. The van der Waals surface area contributed by atoms with Crippen LogP contribution in [0.15, 0.2) is 23.0 Å². The van der Waals surface area contributed by atoms with Crippen molar-refractivity contribution in [3.63, 3.8) is 0 Å². The Hall–Kier alpha value is -2.31. The highest BCUT2D eigenvalue weighted by Gasteiger charge is 2.46. The number of ether oxygens (including phenoxy) is 1. The quantitative estimate of drug-likeness (QED) is 0.906. The smallest absolute Gasteiger partial charge is 0.343 e. The van der Waals surface area contributed by atoms with Crippen LogP contribution in [0.4, 0.5) is 5.82 Å². The van der Waals surface area contributed by atoms with Gasteiger partial charge in [0.15, 0.2) is 5.82 Å². The highest BCUT2D eigenvalue weighted by molar-refractivity contribution is 5.45. The summed E-state index contributed by atoms with van der Waals surface area (Å²) in [5.41, 5.74) is -0.164. The van der Waals surface area contributed by atoms with Crippen molar-refractivity contribution >= 4 is 5.82 Å². The van der Waals surface area contributed by atoms with E-state index in [9.17, 15) is 4.79 Å². The molecule has 0 spiro atoms. The summed E-state index contributed by atoms with van der Waals surface area (Å²) < 4.78 is 7.18. The molecule has 1 aliphatic heterocycles. The van der Waals surface area contributed by atoms with Crippen LogP contribution < -0.4 is 15.3 Å². The van der Waals surface area contributed by atoms with Crippen LogP contribution in [0, 0.1) is 11.8 Å². The lowest BCUT2D eigenvalue weighted by atomic mass is 9.94. The zero-order valence-corrected chi connectivity index (χ0v) is 14.1. The first-order chi connectivity index (χ1) is 11.7. The van der Waals surface area contributed by atoms with Gasteiger partial charge in [0.1, 0.15) is 5.82 Å². The van der Waals surface area contributed by atoms with Crippen molar-refractivity contribution in [2.24, 2.45) is 18.9 Å². The van der Waals surface area contributed by atoms with Crippen LogP contribution in [-0.4, -0.2) is 32.9 Å². The number of aromatic amines is 1. The van der Waals surface area contributed by atoms with E-state index in [1.54, 1.807) is 11.6 Å². The number of hydrogen-bond acceptors (Lipinski definition) is 5. The second kappa shape index (κ2) is 5.96. The van der Waals surface area contributed by atoms with Crippen molar-refractivity contribution < 1.29 is 4.74 Å². The fourth-order valence-electron chi connectivity index (χ4n) is 3.84. The first-order valence-corrected chi connectivity index (χ1v) is 8.67. The maximum Gasteiger partial charge on any atom is 0.343 e. The Bertz CT molecular complexity index is 779. The molecule has 3 heterocycles. The molecule has 2 atom stereocenters.